The molecule has 1 aromatic carbocycles. The number of rotatable bonds is 9. The van der Waals surface area contributed by atoms with Gasteiger partial charge in [0.05, 0.1) is 0 Å². The van der Waals surface area contributed by atoms with Crippen molar-refractivity contribution in [3.05, 3.63) is 35.4 Å². The van der Waals surface area contributed by atoms with Crippen molar-refractivity contribution in [1.29, 1.82) is 0 Å². The van der Waals surface area contributed by atoms with Crippen molar-refractivity contribution in [1.82, 2.24) is 5.32 Å². The molecule has 0 bridgehead atoms. The molecule has 1 N–H and O–H groups in total. The van der Waals surface area contributed by atoms with Gasteiger partial charge in [0, 0.05) is 6.04 Å². The van der Waals surface area contributed by atoms with Crippen LogP contribution in [0.25, 0.3) is 0 Å². The highest BCUT2D eigenvalue weighted by Gasteiger charge is 2.22. The third-order valence-electron chi connectivity index (χ3n) is 4.64. The normalized spacial score (nSPS) is 16.9. The zero-order valence-corrected chi connectivity index (χ0v) is 13.3. The van der Waals surface area contributed by atoms with Crippen molar-refractivity contribution < 1.29 is 0 Å². The molecule has 0 saturated heterocycles. The highest BCUT2D eigenvalue weighted by molar-refractivity contribution is 5.25. The van der Waals surface area contributed by atoms with Crippen LogP contribution in [-0.4, -0.2) is 6.54 Å². The van der Waals surface area contributed by atoms with Crippen LogP contribution in [0.2, 0.25) is 0 Å². The molecule has 1 fully saturated rings. The molecule has 0 amide bonds. The van der Waals surface area contributed by atoms with Crippen LogP contribution in [0, 0.1) is 5.92 Å². The van der Waals surface area contributed by atoms with Gasteiger partial charge in [-0.15, -0.1) is 0 Å². The van der Waals surface area contributed by atoms with Crippen LogP contribution in [0.15, 0.2) is 24.3 Å². The maximum Gasteiger partial charge on any atom is 0.0322 e. The lowest BCUT2D eigenvalue weighted by molar-refractivity contribution is 0.261. The molecule has 1 aliphatic carbocycles. The first-order valence-corrected chi connectivity index (χ1v) is 8.65. The zero-order valence-electron chi connectivity index (χ0n) is 13.3. The highest BCUT2D eigenvalue weighted by Crippen LogP contribution is 2.34. The summed E-state index contributed by atoms with van der Waals surface area (Å²) >= 11 is 0. The summed E-state index contributed by atoms with van der Waals surface area (Å²) in [6.07, 6.45) is 10.7. The Morgan fingerprint density at radius 1 is 1.10 bits per heavy atom. The van der Waals surface area contributed by atoms with Crippen molar-refractivity contribution in [2.75, 3.05) is 6.54 Å². The number of nitrogens with one attached hydrogen (secondary N) is 1. The third kappa shape index (κ3) is 4.63. The van der Waals surface area contributed by atoms with Crippen LogP contribution in [-0.2, 0) is 6.42 Å². The molecule has 20 heavy (non-hydrogen) atoms. The van der Waals surface area contributed by atoms with E-state index in [1.54, 1.807) is 0 Å². The summed E-state index contributed by atoms with van der Waals surface area (Å²) in [6.45, 7) is 5.65. The molecule has 1 heteroatoms. The fourth-order valence-corrected chi connectivity index (χ4v) is 3.02. The minimum atomic E-state index is 0.570. The summed E-state index contributed by atoms with van der Waals surface area (Å²) in [5.74, 6) is 0.962. The van der Waals surface area contributed by atoms with E-state index in [-0.39, 0.29) is 0 Å². The molecule has 1 aromatic rings. The van der Waals surface area contributed by atoms with Gasteiger partial charge >= 0.3 is 0 Å². The lowest BCUT2D eigenvalue weighted by atomic mass is 9.79. The lowest BCUT2D eigenvalue weighted by Gasteiger charge is -2.30. The van der Waals surface area contributed by atoms with Crippen molar-refractivity contribution in [2.24, 2.45) is 5.92 Å². The highest BCUT2D eigenvalue weighted by atomic mass is 14.9. The largest absolute Gasteiger partial charge is 0.310 e. The first-order chi connectivity index (χ1) is 9.83. The minimum Gasteiger partial charge on any atom is -0.310 e. The summed E-state index contributed by atoms with van der Waals surface area (Å²) in [5, 5.41) is 3.75. The number of aryl methyl sites for hydroxylation is 1. The molecular formula is C19H31N. The van der Waals surface area contributed by atoms with E-state index in [1.165, 1.54) is 62.5 Å². The minimum absolute atomic E-state index is 0.570. The average molecular weight is 273 g/mol. The summed E-state index contributed by atoms with van der Waals surface area (Å²) in [6, 6.07) is 9.97. The summed E-state index contributed by atoms with van der Waals surface area (Å²) in [5.41, 5.74) is 2.99. The molecule has 112 valence electrons. The predicted molar refractivity (Wildman–Crippen MR) is 88.0 cm³/mol. The topological polar surface area (TPSA) is 12.0 Å². The van der Waals surface area contributed by atoms with Crippen molar-refractivity contribution >= 4 is 0 Å². The van der Waals surface area contributed by atoms with Gasteiger partial charge in [0.25, 0.3) is 0 Å². The van der Waals surface area contributed by atoms with E-state index in [1.807, 2.05) is 0 Å². The lowest BCUT2D eigenvalue weighted by Crippen LogP contribution is -2.26. The van der Waals surface area contributed by atoms with Crippen LogP contribution in [0.5, 0.6) is 0 Å². The van der Waals surface area contributed by atoms with Gasteiger partial charge in [-0.25, -0.2) is 0 Å². The Balaban J connectivity index is 1.95. The zero-order chi connectivity index (χ0) is 14.2. The van der Waals surface area contributed by atoms with Gasteiger partial charge in [0.1, 0.15) is 0 Å². The molecule has 0 spiro atoms. The molecule has 0 aliphatic heterocycles. The second kappa shape index (κ2) is 8.46. The van der Waals surface area contributed by atoms with E-state index in [0.29, 0.717) is 6.04 Å². The average Bonchev–Trinajstić information content (AvgIpc) is 2.44. The molecule has 1 unspecified atom stereocenters. The molecule has 1 atom stereocenters. The van der Waals surface area contributed by atoms with Gasteiger partial charge in [0.2, 0.25) is 0 Å². The van der Waals surface area contributed by atoms with Crippen LogP contribution < -0.4 is 5.32 Å². The molecular weight excluding hydrogens is 242 g/mol. The fourth-order valence-electron chi connectivity index (χ4n) is 3.02. The fraction of sp³-hybridized carbons (Fsp3) is 0.684. The van der Waals surface area contributed by atoms with Gasteiger partial charge in [-0.2, -0.15) is 0 Å². The third-order valence-corrected chi connectivity index (χ3v) is 4.64. The van der Waals surface area contributed by atoms with Crippen molar-refractivity contribution in [2.45, 2.75) is 71.3 Å². The Bertz CT molecular complexity index is 364. The van der Waals surface area contributed by atoms with Gasteiger partial charge in [0.15, 0.2) is 0 Å². The molecule has 2 rings (SSSR count). The van der Waals surface area contributed by atoms with E-state index < -0.39 is 0 Å². The molecule has 1 nitrogen and oxygen atoms in total. The van der Waals surface area contributed by atoms with Gasteiger partial charge in [-0.05, 0) is 49.3 Å². The number of hydrogen-bond donors (Lipinski definition) is 1. The maximum absolute atomic E-state index is 3.75. The first kappa shape index (κ1) is 15.6. The Labute approximate surface area is 125 Å². The Morgan fingerprint density at radius 2 is 1.85 bits per heavy atom. The Morgan fingerprint density at radius 3 is 2.40 bits per heavy atom. The van der Waals surface area contributed by atoms with E-state index in [9.17, 15) is 0 Å². The summed E-state index contributed by atoms with van der Waals surface area (Å²) in [7, 11) is 0. The Kier molecular flexibility index (Phi) is 6.59. The second-order valence-electron chi connectivity index (χ2n) is 6.38. The summed E-state index contributed by atoms with van der Waals surface area (Å²) in [4.78, 5) is 0. The van der Waals surface area contributed by atoms with Crippen LogP contribution in [0.4, 0.5) is 0 Å². The molecule has 0 radical (unpaired) electrons. The van der Waals surface area contributed by atoms with Crippen LogP contribution in [0.1, 0.15) is 76.0 Å². The molecule has 0 aromatic heterocycles. The van der Waals surface area contributed by atoms with Crippen molar-refractivity contribution in [3.63, 3.8) is 0 Å². The molecule has 1 aliphatic rings. The van der Waals surface area contributed by atoms with E-state index in [0.717, 1.165) is 12.5 Å². The smallest absolute Gasteiger partial charge is 0.0322 e. The van der Waals surface area contributed by atoms with Crippen LogP contribution >= 0.6 is 0 Å². The first-order valence-electron chi connectivity index (χ1n) is 8.65. The Hall–Kier alpha value is -0.820. The SMILES string of the molecule is CCCCc1ccc(C(CC2CCC2)NCCC)cc1. The van der Waals surface area contributed by atoms with Gasteiger partial charge in [-0.3, -0.25) is 0 Å². The van der Waals surface area contributed by atoms with E-state index in [2.05, 4.69) is 43.4 Å². The predicted octanol–water partition coefficient (Wildman–Crippen LogP) is 5.26. The second-order valence-corrected chi connectivity index (χ2v) is 6.38. The maximum atomic E-state index is 3.75. The van der Waals surface area contributed by atoms with E-state index >= 15 is 0 Å². The van der Waals surface area contributed by atoms with Crippen LogP contribution in [0.3, 0.4) is 0 Å². The number of hydrogen-bond acceptors (Lipinski definition) is 1. The van der Waals surface area contributed by atoms with E-state index in [4.69, 9.17) is 0 Å². The number of unbranched alkanes of at least 4 members (excludes halogenated alkanes) is 1. The monoisotopic (exact) mass is 273 g/mol. The quantitative estimate of drug-likeness (QED) is 0.647. The molecule has 1 saturated carbocycles. The van der Waals surface area contributed by atoms with Gasteiger partial charge < -0.3 is 5.32 Å². The molecule has 0 heterocycles. The van der Waals surface area contributed by atoms with Crippen molar-refractivity contribution in [3.8, 4) is 0 Å². The standard InChI is InChI=1S/C19H31N/c1-3-5-7-16-10-12-18(13-11-16)19(20-14-4-2)15-17-8-6-9-17/h10-13,17,19-20H,3-9,14-15H2,1-2H3. The van der Waals surface area contributed by atoms with Gasteiger partial charge in [-0.1, -0.05) is 63.8 Å². The number of benzene rings is 1. The summed E-state index contributed by atoms with van der Waals surface area (Å²) < 4.78 is 0.